The minimum Gasteiger partial charge on any atom is -0.468 e. The van der Waals surface area contributed by atoms with Crippen molar-refractivity contribution in [1.82, 2.24) is 4.72 Å². The van der Waals surface area contributed by atoms with Crippen molar-refractivity contribution in [3.63, 3.8) is 0 Å². The summed E-state index contributed by atoms with van der Waals surface area (Å²) >= 11 is 0. The van der Waals surface area contributed by atoms with Gasteiger partial charge in [0.15, 0.2) is 5.75 Å². The molecule has 2 atom stereocenters. The molecular weight excluding hydrogens is 270 g/mol. The molecule has 2 N–H and O–H groups in total. The van der Waals surface area contributed by atoms with E-state index in [0.717, 1.165) is 18.2 Å². The Balaban J connectivity index is 2.18. The van der Waals surface area contributed by atoms with Crippen molar-refractivity contribution in [3.8, 4) is 0 Å². The molecule has 0 saturated carbocycles. The van der Waals surface area contributed by atoms with Crippen molar-refractivity contribution in [2.24, 2.45) is 0 Å². The Labute approximate surface area is 111 Å². The Morgan fingerprint density at radius 2 is 2.16 bits per heavy atom. The van der Waals surface area contributed by atoms with Crippen LogP contribution in [0.3, 0.4) is 0 Å². The van der Waals surface area contributed by atoms with Gasteiger partial charge in [0.25, 0.3) is 0 Å². The van der Waals surface area contributed by atoms with Gasteiger partial charge < -0.3 is 9.84 Å². The third-order valence-electron chi connectivity index (χ3n) is 3.05. The first kappa shape index (κ1) is 14.0. The third-order valence-corrected chi connectivity index (χ3v) is 4.27. The molecule has 104 valence electrons. The van der Waals surface area contributed by atoms with Gasteiger partial charge in [0.1, 0.15) is 0 Å². The lowest BCUT2D eigenvalue weighted by molar-refractivity contribution is -0.137. The van der Waals surface area contributed by atoms with E-state index in [1.165, 1.54) is 0 Å². The highest BCUT2D eigenvalue weighted by Gasteiger charge is 2.34. The number of carbonyl (C=O) groups excluding carboxylic acids is 1. The highest BCUT2D eigenvalue weighted by Crippen LogP contribution is 2.31. The Morgan fingerprint density at radius 1 is 1.47 bits per heavy atom. The fraction of sp³-hybridized carbons (Fsp3) is 0.417. The lowest BCUT2D eigenvalue weighted by atomic mass is 10.1. The molecule has 6 nitrogen and oxygen atoms in total. The van der Waals surface area contributed by atoms with Crippen molar-refractivity contribution < 1.29 is 23.1 Å². The van der Waals surface area contributed by atoms with Crippen LogP contribution in [0.5, 0.6) is 0 Å². The molecule has 0 spiro atoms. The van der Waals surface area contributed by atoms with Crippen LogP contribution in [0.1, 0.15) is 17.2 Å². The van der Waals surface area contributed by atoms with Gasteiger partial charge in [-0.25, -0.2) is 13.1 Å². The summed E-state index contributed by atoms with van der Waals surface area (Å²) in [5, 5.41) is 9.92. The van der Waals surface area contributed by atoms with E-state index < -0.39 is 33.9 Å². The molecule has 7 heteroatoms. The maximum absolute atomic E-state index is 11.8. The number of hydrogen-bond donors (Lipinski definition) is 2. The topological polar surface area (TPSA) is 92.7 Å². The molecule has 0 radical (unpaired) electrons. The number of benzene rings is 1. The molecule has 0 amide bonds. The second-order valence-electron chi connectivity index (χ2n) is 4.40. The molecule has 0 saturated heterocycles. The maximum atomic E-state index is 11.8. The molecule has 0 aromatic heterocycles. The van der Waals surface area contributed by atoms with E-state index >= 15 is 0 Å². The zero-order valence-electron chi connectivity index (χ0n) is 10.4. The SMILES string of the molecule is COC(=O)CS(=O)(=O)N[C@H]1c2ccccc2C[C@H]1O. The second kappa shape index (κ2) is 5.28. The lowest BCUT2D eigenvalue weighted by Crippen LogP contribution is -2.37. The molecule has 0 heterocycles. The predicted octanol–water partition coefficient (Wildman–Crippen LogP) is -0.263. The van der Waals surface area contributed by atoms with E-state index in [1.807, 2.05) is 12.1 Å². The minimum atomic E-state index is -3.84. The number of methoxy groups -OCH3 is 1. The van der Waals surface area contributed by atoms with Gasteiger partial charge in [-0.15, -0.1) is 0 Å². The summed E-state index contributed by atoms with van der Waals surface area (Å²) in [5.74, 6) is -1.59. The van der Waals surface area contributed by atoms with Gasteiger partial charge in [0, 0.05) is 6.42 Å². The summed E-state index contributed by atoms with van der Waals surface area (Å²) < 4.78 is 30.3. The smallest absolute Gasteiger partial charge is 0.322 e. The molecule has 0 unspecified atom stereocenters. The average Bonchev–Trinajstić information content (AvgIpc) is 2.65. The Kier molecular flexibility index (Phi) is 3.88. The summed E-state index contributed by atoms with van der Waals surface area (Å²) in [6, 6.07) is 6.49. The van der Waals surface area contributed by atoms with Crippen LogP contribution in [0.15, 0.2) is 24.3 Å². The minimum absolute atomic E-state index is 0.390. The molecule has 0 aliphatic heterocycles. The summed E-state index contributed by atoms with van der Waals surface area (Å²) in [4.78, 5) is 11.0. The molecule has 1 aromatic carbocycles. The number of aliphatic hydroxyl groups excluding tert-OH is 1. The van der Waals surface area contributed by atoms with Crippen molar-refractivity contribution in [3.05, 3.63) is 35.4 Å². The summed E-state index contributed by atoms with van der Waals surface area (Å²) in [7, 11) is -2.71. The third kappa shape index (κ3) is 3.12. The zero-order chi connectivity index (χ0) is 14.0. The van der Waals surface area contributed by atoms with Gasteiger partial charge in [-0.05, 0) is 11.1 Å². The highest BCUT2D eigenvalue weighted by molar-refractivity contribution is 7.90. The first-order valence-electron chi connectivity index (χ1n) is 5.75. The van der Waals surface area contributed by atoms with E-state index in [4.69, 9.17) is 0 Å². The summed E-state index contributed by atoms with van der Waals surface area (Å²) in [5.41, 5.74) is 1.64. The van der Waals surface area contributed by atoms with Gasteiger partial charge in [-0.1, -0.05) is 24.3 Å². The van der Waals surface area contributed by atoms with Crippen molar-refractivity contribution in [2.45, 2.75) is 18.6 Å². The van der Waals surface area contributed by atoms with Crippen LogP contribution >= 0.6 is 0 Å². The summed E-state index contributed by atoms with van der Waals surface area (Å²) in [6.07, 6.45) is -0.438. The molecule has 0 fully saturated rings. The van der Waals surface area contributed by atoms with Crippen molar-refractivity contribution in [2.75, 3.05) is 12.9 Å². The number of sulfonamides is 1. The largest absolute Gasteiger partial charge is 0.468 e. The molecule has 1 aromatic rings. The molecule has 1 aliphatic rings. The molecule has 0 bridgehead atoms. The first-order chi connectivity index (χ1) is 8.93. The Morgan fingerprint density at radius 3 is 2.84 bits per heavy atom. The van der Waals surface area contributed by atoms with Crippen molar-refractivity contribution >= 4 is 16.0 Å². The molecule has 19 heavy (non-hydrogen) atoms. The second-order valence-corrected chi connectivity index (χ2v) is 6.15. The van der Waals surface area contributed by atoms with Gasteiger partial charge in [0.05, 0.1) is 19.3 Å². The number of esters is 1. The lowest BCUT2D eigenvalue weighted by Gasteiger charge is -2.17. The number of carbonyl (C=O) groups is 1. The quantitative estimate of drug-likeness (QED) is 0.743. The number of aliphatic hydroxyl groups is 1. The van der Waals surface area contributed by atoms with Crippen LogP contribution in [0.25, 0.3) is 0 Å². The number of hydrogen-bond acceptors (Lipinski definition) is 5. The first-order valence-corrected chi connectivity index (χ1v) is 7.41. The van der Waals surface area contributed by atoms with E-state index in [0.29, 0.717) is 6.42 Å². The van der Waals surface area contributed by atoms with Crippen LogP contribution < -0.4 is 4.72 Å². The van der Waals surface area contributed by atoms with E-state index in [-0.39, 0.29) is 0 Å². The number of ether oxygens (including phenoxy) is 1. The number of fused-ring (bicyclic) bond motifs is 1. The fourth-order valence-corrected chi connectivity index (χ4v) is 3.35. The maximum Gasteiger partial charge on any atom is 0.322 e. The van der Waals surface area contributed by atoms with Crippen LogP contribution in [-0.2, 0) is 26.0 Å². The van der Waals surface area contributed by atoms with Crippen LogP contribution in [0.2, 0.25) is 0 Å². The van der Waals surface area contributed by atoms with Crippen LogP contribution in [-0.4, -0.2) is 38.5 Å². The highest BCUT2D eigenvalue weighted by atomic mass is 32.2. The van der Waals surface area contributed by atoms with Crippen LogP contribution in [0, 0.1) is 0 Å². The fourth-order valence-electron chi connectivity index (χ4n) is 2.17. The van der Waals surface area contributed by atoms with Gasteiger partial charge in [-0.3, -0.25) is 4.79 Å². The number of nitrogens with one attached hydrogen (secondary N) is 1. The van der Waals surface area contributed by atoms with Gasteiger partial charge in [-0.2, -0.15) is 0 Å². The molecule has 1 aliphatic carbocycles. The summed E-state index contributed by atoms with van der Waals surface area (Å²) in [6.45, 7) is 0. The normalized spacial score (nSPS) is 22.0. The standard InChI is InChI=1S/C12H15NO5S/c1-18-11(15)7-19(16,17)13-12-9-5-3-2-4-8(9)6-10(12)14/h2-5,10,12-14H,6-7H2,1H3/t10-,12+/m1/s1. The molecule has 2 rings (SSSR count). The molecular formula is C12H15NO5S. The van der Waals surface area contributed by atoms with E-state index in [9.17, 15) is 18.3 Å². The zero-order valence-corrected chi connectivity index (χ0v) is 11.2. The van der Waals surface area contributed by atoms with Crippen LogP contribution in [0.4, 0.5) is 0 Å². The van der Waals surface area contributed by atoms with Gasteiger partial charge >= 0.3 is 5.97 Å². The monoisotopic (exact) mass is 285 g/mol. The van der Waals surface area contributed by atoms with Gasteiger partial charge in [0.2, 0.25) is 10.0 Å². The number of rotatable bonds is 4. The predicted molar refractivity (Wildman–Crippen MR) is 67.8 cm³/mol. The Bertz CT molecular complexity index is 584. The average molecular weight is 285 g/mol. The van der Waals surface area contributed by atoms with Crippen molar-refractivity contribution in [1.29, 1.82) is 0 Å². The van der Waals surface area contributed by atoms with E-state index in [2.05, 4.69) is 9.46 Å². The van der Waals surface area contributed by atoms with E-state index in [1.54, 1.807) is 12.1 Å². The Hall–Kier alpha value is -1.44.